The highest BCUT2D eigenvalue weighted by Gasteiger charge is 2.42. The minimum absolute atomic E-state index is 0.0792. The molecule has 0 spiro atoms. The molecule has 0 heterocycles. The molecule has 0 aromatic rings. The van der Waals surface area contributed by atoms with E-state index in [-0.39, 0.29) is 35.7 Å². The fraction of sp³-hybridized carbons (Fsp3) is 0.909. The average molecular weight is 428 g/mol. The molecule has 1 fully saturated rings. The van der Waals surface area contributed by atoms with Crippen LogP contribution in [-0.2, 0) is 9.47 Å². The maximum atomic E-state index is 12.6. The first-order chi connectivity index (χ1) is 13.9. The molecule has 30 heavy (non-hydrogen) atoms. The van der Waals surface area contributed by atoms with Crippen LogP contribution in [0.4, 0.5) is 4.79 Å². The maximum absolute atomic E-state index is 12.6. The Morgan fingerprint density at radius 2 is 1.83 bits per heavy atom. The Morgan fingerprint density at radius 1 is 1.17 bits per heavy atom. The van der Waals surface area contributed by atoms with Crippen LogP contribution in [0.2, 0.25) is 0 Å². The first kappa shape index (κ1) is 26.5. The average Bonchev–Trinajstić information content (AvgIpc) is 2.60. The zero-order chi connectivity index (χ0) is 22.9. The molecule has 0 aromatic carbocycles. The van der Waals surface area contributed by atoms with Gasteiger partial charge >= 0.3 is 6.09 Å². The van der Waals surface area contributed by atoms with Gasteiger partial charge in [0, 0.05) is 17.6 Å². The lowest BCUT2D eigenvalue weighted by Gasteiger charge is -2.47. The lowest BCUT2D eigenvalue weighted by molar-refractivity contribution is 0.0322. The number of carbonyl (C=O) groups excluding carboxylic acids is 1. The van der Waals surface area contributed by atoms with Crippen molar-refractivity contribution >= 4 is 12.1 Å². The molecule has 1 rings (SSSR count). The van der Waals surface area contributed by atoms with Gasteiger partial charge in [-0.2, -0.15) is 0 Å². The van der Waals surface area contributed by atoms with Crippen LogP contribution >= 0.6 is 0 Å². The predicted octanol–water partition coefficient (Wildman–Crippen LogP) is 3.10. The number of guanidine groups is 1. The molecule has 1 aliphatic rings. The topological polar surface area (TPSA) is 121 Å². The molecule has 1 saturated carbocycles. The van der Waals surface area contributed by atoms with Crippen molar-refractivity contribution < 1.29 is 14.3 Å². The van der Waals surface area contributed by atoms with Gasteiger partial charge in [0.15, 0.2) is 5.96 Å². The molecule has 5 atom stereocenters. The molecule has 0 aromatic heterocycles. The summed E-state index contributed by atoms with van der Waals surface area (Å²) in [6.07, 6.45) is 4.44. The summed E-state index contributed by atoms with van der Waals surface area (Å²) >= 11 is 0. The Kier molecular flexibility index (Phi) is 10.4. The van der Waals surface area contributed by atoms with E-state index < -0.39 is 6.09 Å². The maximum Gasteiger partial charge on any atom is 0.407 e. The number of hydrogen-bond acceptors (Lipinski definition) is 5. The molecule has 6 N–H and O–H groups in total. The fourth-order valence-corrected chi connectivity index (χ4v) is 4.43. The van der Waals surface area contributed by atoms with Gasteiger partial charge in [0.1, 0.15) is 6.61 Å². The molecule has 8 nitrogen and oxygen atoms in total. The van der Waals surface area contributed by atoms with E-state index >= 15 is 0 Å². The summed E-state index contributed by atoms with van der Waals surface area (Å²) < 4.78 is 11.2. The normalized spacial score (nSPS) is 26.3. The molecule has 0 radical (unpaired) electrons. The van der Waals surface area contributed by atoms with E-state index in [2.05, 4.69) is 50.6 Å². The van der Waals surface area contributed by atoms with Gasteiger partial charge in [0.25, 0.3) is 0 Å². The lowest BCUT2D eigenvalue weighted by Crippen LogP contribution is -2.58. The standard InChI is InChI=1S/C22H45N5O3/c1-8-15(3)25-17-10-21(5,6)14-22(7,11-17)27-20(28)30-13-18(26-19(23)24)12-29-16(4)9-2/h15-18,25H,8-14H2,1-7H3,(H,27,28)(H4,23,24,26). The summed E-state index contributed by atoms with van der Waals surface area (Å²) in [4.78, 5) is 12.6. The molecule has 1 aliphatic carbocycles. The van der Waals surface area contributed by atoms with E-state index in [1.807, 2.05) is 13.8 Å². The monoisotopic (exact) mass is 427 g/mol. The van der Waals surface area contributed by atoms with Crippen molar-refractivity contribution in [3.05, 3.63) is 0 Å². The Morgan fingerprint density at radius 3 is 2.40 bits per heavy atom. The number of rotatable bonds is 11. The highest BCUT2D eigenvalue weighted by atomic mass is 16.6. The summed E-state index contributed by atoms with van der Waals surface area (Å²) in [6, 6.07) is 0.437. The van der Waals surface area contributed by atoms with Crippen LogP contribution in [0.1, 0.15) is 80.6 Å². The first-order valence-electron chi connectivity index (χ1n) is 11.3. The van der Waals surface area contributed by atoms with Gasteiger partial charge < -0.3 is 31.2 Å². The predicted molar refractivity (Wildman–Crippen MR) is 122 cm³/mol. The number of ether oxygens (including phenoxy) is 2. The number of hydrogen-bond donors (Lipinski definition) is 5. The summed E-state index contributed by atoms with van der Waals surface area (Å²) in [6.45, 7) is 15.4. The van der Waals surface area contributed by atoms with Crippen LogP contribution in [0.3, 0.4) is 0 Å². The van der Waals surface area contributed by atoms with Crippen molar-refractivity contribution in [2.24, 2.45) is 11.1 Å². The van der Waals surface area contributed by atoms with Crippen LogP contribution in [0.5, 0.6) is 0 Å². The largest absolute Gasteiger partial charge is 0.447 e. The SMILES string of the molecule is CCC(C)NC1CC(C)(C)CC(C)(NC(=O)OCC(COC(C)CC)NC(=N)N)C1. The van der Waals surface area contributed by atoms with Gasteiger partial charge in [0.2, 0.25) is 0 Å². The highest BCUT2D eigenvalue weighted by molar-refractivity contribution is 5.74. The van der Waals surface area contributed by atoms with Crippen molar-refractivity contribution in [2.45, 2.75) is 110 Å². The van der Waals surface area contributed by atoms with Gasteiger partial charge in [-0.25, -0.2) is 4.79 Å². The lowest BCUT2D eigenvalue weighted by atomic mass is 9.66. The minimum Gasteiger partial charge on any atom is -0.447 e. The quantitative estimate of drug-likeness (QED) is 0.255. The summed E-state index contributed by atoms with van der Waals surface area (Å²) in [5.74, 6) is -0.170. The van der Waals surface area contributed by atoms with Crippen LogP contribution in [-0.4, -0.2) is 55.0 Å². The Hall–Kier alpha value is -1.54. The van der Waals surface area contributed by atoms with E-state index in [4.69, 9.17) is 20.6 Å². The van der Waals surface area contributed by atoms with E-state index in [1.54, 1.807) is 0 Å². The molecule has 0 aliphatic heterocycles. The van der Waals surface area contributed by atoms with Crippen LogP contribution < -0.4 is 21.7 Å². The second-order valence-corrected chi connectivity index (χ2v) is 10.0. The number of carbonyl (C=O) groups is 1. The number of alkyl carbamates (subject to hydrolysis) is 1. The van der Waals surface area contributed by atoms with Gasteiger partial charge in [-0.1, -0.05) is 27.7 Å². The van der Waals surface area contributed by atoms with Crippen molar-refractivity contribution in [1.29, 1.82) is 5.41 Å². The van der Waals surface area contributed by atoms with E-state index in [0.29, 0.717) is 18.7 Å². The molecule has 5 unspecified atom stereocenters. The summed E-state index contributed by atoms with van der Waals surface area (Å²) in [5, 5.41) is 17.1. The number of nitrogens with two attached hydrogens (primary N) is 1. The summed E-state index contributed by atoms with van der Waals surface area (Å²) in [7, 11) is 0. The molecule has 176 valence electrons. The molecule has 1 amide bonds. The van der Waals surface area contributed by atoms with Crippen molar-refractivity contribution in [1.82, 2.24) is 16.0 Å². The van der Waals surface area contributed by atoms with Crippen LogP contribution in [0, 0.1) is 10.8 Å². The smallest absolute Gasteiger partial charge is 0.407 e. The molecule has 0 saturated heterocycles. The first-order valence-corrected chi connectivity index (χ1v) is 11.3. The van der Waals surface area contributed by atoms with Crippen LogP contribution in [0.25, 0.3) is 0 Å². The third kappa shape index (κ3) is 9.98. The zero-order valence-electron chi connectivity index (χ0n) is 20.1. The van der Waals surface area contributed by atoms with Gasteiger partial charge in [0.05, 0.1) is 18.8 Å². The molecular weight excluding hydrogens is 382 g/mol. The van der Waals surface area contributed by atoms with E-state index in [1.165, 1.54) is 0 Å². The van der Waals surface area contributed by atoms with Crippen molar-refractivity contribution in [2.75, 3.05) is 13.2 Å². The van der Waals surface area contributed by atoms with Gasteiger partial charge in [-0.05, 0) is 58.3 Å². The third-order valence-electron chi connectivity index (χ3n) is 5.83. The Balaban J connectivity index is 2.65. The third-order valence-corrected chi connectivity index (χ3v) is 5.83. The van der Waals surface area contributed by atoms with Crippen LogP contribution in [0.15, 0.2) is 0 Å². The van der Waals surface area contributed by atoms with Gasteiger partial charge in [-0.3, -0.25) is 5.41 Å². The molecule has 0 bridgehead atoms. The summed E-state index contributed by atoms with van der Waals surface area (Å²) in [5.41, 5.74) is 5.23. The minimum atomic E-state index is -0.448. The highest BCUT2D eigenvalue weighted by Crippen LogP contribution is 2.41. The van der Waals surface area contributed by atoms with Crippen molar-refractivity contribution in [3.63, 3.8) is 0 Å². The Bertz CT molecular complexity index is 557. The van der Waals surface area contributed by atoms with E-state index in [9.17, 15) is 4.79 Å². The van der Waals surface area contributed by atoms with E-state index in [0.717, 1.165) is 32.1 Å². The zero-order valence-corrected chi connectivity index (χ0v) is 20.1. The van der Waals surface area contributed by atoms with Crippen molar-refractivity contribution in [3.8, 4) is 0 Å². The molecular formula is C22H45N5O3. The number of amides is 1. The number of nitrogens with one attached hydrogen (secondary N) is 4. The second-order valence-electron chi connectivity index (χ2n) is 10.0. The Labute approximate surface area is 182 Å². The molecule has 8 heteroatoms. The van der Waals surface area contributed by atoms with Gasteiger partial charge in [-0.15, -0.1) is 0 Å². The second kappa shape index (κ2) is 11.7. The fourth-order valence-electron chi connectivity index (χ4n) is 4.43.